The number of ether oxygens (including phenoxy) is 1. The van der Waals surface area contributed by atoms with Gasteiger partial charge in [-0.15, -0.1) is 5.10 Å². The summed E-state index contributed by atoms with van der Waals surface area (Å²) in [5, 5.41) is 8.64. The van der Waals surface area contributed by atoms with Crippen molar-refractivity contribution >= 4 is 37.0 Å². The molecule has 1 aromatic carbocycles. The van der Waals surface area contributed by atoms with E-state index in [9.17, 15) is 12.8 Å². The molecule has 0 spiro atoms. The van der Waals surface area contributed by atoms with Gasteiger partial charge in [0.15, 0.2) is 0 Å². The summed E-state index contributed by atoms with van der Waals surface area (Å²) in [4.78, 5) is 6.43. The standard InChI is InChI=1S/C24H28BrFN6O3S/c1-36(33,34)32-18-3-2-4-19(32)14-30(13-18)12-16-9-17(26)10-27-24(16)35-21-8-7-20-23(22(21)25)28-29-31(20)11-15-5-6-15/h7-10,15,18-19H,2-6,11-14H2,1H3. The van der Waals surface area contributed by atoms with Gasteiger partial charge in [0.05, 0.1) is 22.4 Å². The lowest BCUT2D eigenvalue weighted by molar-refractivity contribution is 0.0464. The number of hydrogen-bond donors (Lipinski definition) is 0. The smallest absolute Gasteiger partial charge is 0.223 e. The zero-order valence-electron chi connectivity index (χ0n) is 20.0. The predicted molar refractivity (Wildman–Crippen MR) is 136 cm³/mol. The van der Waals surface area contributed by atoms with E-state index in [2.05, 4.69) is 36.1 Å². The molecule has 9 nitrogen and oxygen atoms in total. The molecule has 12 heteroatoms. The molecule has 4 heterocycles. The van der Waals surface area contributed by atoms with Gasteiger partial charge in [0, 0.05) is 43.8 Å². The van der Waals surface area contributed by atoms with Gasteiger partial charge in [-0.1, -0.05) is 11.6 Å². The third kappa shape index (κ3) is 4.75. The first kappa shape index (κ1) is 24.2. The molecule has 0 amide bonds. The molecule has 0 radical (unpaired) electrons. The quantitative estimate of drug-likeness (QED) is 0.419. The summed E-state index contributed by atoms with van der Waals surface area (Å²) in [6.45, 7) is 2.47. The summed E-state index contributed by atoms with van der Waals surface area (Å²) in [5.74, 6) is 1.08. The molecule has 2 aromatic heterocycles. The van der Waals surface area contributed by atoms with Crippen LogP contribution in [-0.2, 0) is 23.1 Å². The monoisotopic (exact) mass is 578 g/mol. The summed E-state index contributed by atoms with van der Waals surface area (Å²) in [6, 6.07) is 5.11. The van der Waals surface area contributed by atoms with Gasteiger partial charge < -0.3 is 4.74 Å². The molecular formula is C24H28BrFN6O3S. The van der Waals surface area contributed by atoms with Crippen LogP contribution in [0, 0.1) is 11.7 Å². The van der Waals surface area contributed by atoms with E-state index < -0.39 is 15.8 Å². The number of halogens is 2. The van der Waals surface area contributed by atoms with Crippen LogP contribution >= 0.6 is 15.9 Å². The lowest BCUT2D eigenvalue weighted by Gasteiger charge is -2.48. The van der Waals surface area contributed by atoms with Gasteiger partial charge in [-0.25, -0.2) is 22.5 Å². The van der Waals surface area contributed by atoms with Crippen molar-refractivity contribution in [3.05, 3.63) is 40.2 Å². The van der Waals surface area contributed by atoms with Crippen LogP contribution in [0.4, 0.5) is 4.39 Å². The van der Waals surface area contributed by atoms with E-state index in [1.54, 1.807) is 4.31 Å². The number of aromatic nitrogens is 4. The van der Waals surface area contributed by atoms with Gasteiger partial charge in [0.2, 0.25) is 15.9 Å². The van der Waals surface area contributed by atoms with E-state index in [0.717, 1.165) is 37.5 Å². The molecule has 2 aliphatic heterocycles. The normalized spacial score (nSPS) is 23.3. The zero-order valence-corrected chi connectivity index (χ0v) is 22.4. The maximum atomic E-state index is 14.2. The number of pyridine rings is 1. The topological polar surface area (TPSA) is 93.5 Å². The van der Waals surface area contributed by atoms with Gasteiger partial charge in [-0.05, 0) is 65.7 Å². The molecule has 3 aliphatic rings. The van der Waals surface area contributed by atoms with E-state index in [1.165, 1.54) is 25.2 Å². The van der Waals surface area contributed by atoms with Crippen molar-refractivity contribution < 1.29 is 17.5 Å². The Labute approximate surface area is 217 Å². The summed E-state index contributed by atoms with van der Waals surface area (Å²) in [7, 11) is -3.27. The highest BCUT2D eigenvalue weighted by molar-refractivity contribution is 9.10. The van der Waals surface area contributed by atoms with Crippen LogP contribution in [0.2, 0.25) is 0 Å². The molecule has 6 rings (SSSR count). The average molecular weight is 579 g/mol. The Bertz CT molecular complexity index is 1400. The number of nitrogens with zero attached hydrogens (tertiary/aromatic N) is 6. The van der Waals surface area contributed by atoms with Crippen LogP contribution in [0.3, 0.4) is 0 Å². The second kappa shape index (κ2) is 9.30. The molecule has 192 valence electrons. The predicted octanol–water partition coefficient (Wildman–Crippen LogP) is 3.93. The van der Waals surface area contributed by atoms with Crippen molar-refractivity contribution in [3.8, 4) is 11.6 Å². The highest BCUT2D eigenvalue weighted by atomic mass is 79.9. The third-order valence-corrected chi connectivity index (χ3v) is 9.45. The molecule has 1 saturated carbocycles. The van der Waals surface area contributed by atoms with Gasteiger partial charge in [0.25, 0.3) is 0 Å². The fraction of sp³-hybridized carbons (Fsp3) is 0.542. The SMILES string of the molecule is CS(=O)(=O)N1C2CCCC1CN(Cc1cc(F)cnc1Oc1ccc3c(nnn3CC3CC3)c1Br)C2. The molecule has 3 fully saturated rings. The molecule has 1 aliphatic carbocycles. The van der Waals surface area contributed by atoms with Gasteiger partial charge >= 0.3 is 0 Å². The van der Waals surface area contributed by atoms with Crippen molar-refractivity contribution in [2.45, 2.75) is 57.3 Å². The van der Waals surface area contributed by atoms with Crippen molar-refractivity contribution in [2.75, 3.05) is 19.3 Å². The van der Waals surface area contributed by atoms with Crippen LogP contribution in [0.1, 0.15) is 37.7 Å². The maximum absolute atomic E-state index is 14.2. The Morgan fingerprint density at radius 3 is 2.61 bits per heavy atom. The van der Waals surface area contributed by atoms with Crippen molar-refractivity contribution in [1.29, 1.82) is 0 Å². The van der Waals surface area contributed by atoms with Crippen molar-refractivity contribution in [1.82, 2.24) is 29.2 Å². The summed E-state index contributed by atoms with van der Waals surface area (Å²) < 4.78 is 49.4. The van der Waals surface area contributed by atoms with E-state index in [0.29, 0.717) is 52.7 Å². The van der Waals surface area contributed by atoms with Crippen LogP contribution in [0.25, 0.3) is 11.0 Å². The third-order valence-electron chi connectivity index (χ3n) is 7.33. The van der Waals surface area contributed by atoms with Crippen LogP contribution in [-0.4, -0.2) is 69.0 Å². The first-order chi connectivity index (χ1) is 17.3. The summed E-state index contributed by atoms with van der Waals surface area (Å²) in [6.07, 6.45) is 7.58. The number of piperazine rings is 1. The van der Waals surface area contributed by atoms with Crippen LogP contribution in [0.5, 0.6) is 11.6 Å². The molecule has 2 saturated heterocycles. The Morgan fingerprint density at radius 1 is 1.17 bits per heavy atom. The second-order valence-corrected chi connectivity index (χ2v) is 12.9. The van der Waals surface area contributed by atoms with Crippen LogP contribution < -0.4 is 4.74 Å². The maximum Gasteiger partial charge on any atom is 0.223 e. The number of fused-ring (bicyclic) bond motifs is 3. The molecule has 3 aromatic rings. The number of likely N-dealkylation sites (tertiary alicyclic amines) is 1. The minimum absolute atomic E-state index is 0.0619. The lowest BCUT2D eigenvalue weighted by Crippen LogP contribution is -2.61. The minimum Gasteiger partial charge on any atom is -0.437 e. The van der Waals surface area contributed by atoms with Crippen LogP contribution in [0.15, 0.2) is 28.9 Å². The fourth-order valence-electron chi connectivity index (χ4n) is 5.59. The second-order valence-electron chi connectivity index (χ2n) is 10.2. The Hall–Kier alpha value is -2.15. The first-order valence-electron chi connectivity index (χ1n) is 12.3. The molecule has 2 bridgehead atoms. The van der Waals surface area contributed by atoms with Gasteiger partial charge in [-0.3, -0.25) is 4.90 Å². The van der Waals surface area contributed by atoms with Gasteiger partial charge in [0.1, 0.15) is 17.1 Å². The Morgan fingerprint density at radius 2 is 1.92 bits per heavy atom. The first-order valence-corrected chi connectivity index (χ1v) is 15.0. The number of sulfonamides is 1. The lowest BCUT2D eigenvalue weighted by atomic mass is 9.94. The largest absolute Gasteiger partial charge is 0.437 e. The summed E-state index contributed by atoms with van der Waals surface area (Å²) >= 11 is 3.61. The number of piperidine rings is 1. The highest BCUT2D eigenvalue weighted by Gasteiger charge is 2.42. The molecular weight excluding hydrogens is 551 g/mol. The minimum atomic E-state index is -3.27. The fourth-order valence-corrected chi connectivity index (χ4v) is 7.51. The Kier molecular flexibility index (Phi) is 6.25. The van der Waals surface area contributed by atoms with E-state index >= 15 is 0 Å². The van der Waals surface area contributed by atoms with Gasteiger partial charge in [-0.2, -0.15) is 4.31 Å². The van der Waals surface area contributed by atoms with E-state index in [-0.39, 0.29) is 12.1 Å². The van der Waals surface area contributed by atoms with E-state index in [4.69, 9.17) is 4.74 Å². The summed E-state index contributed by atoms with van der Waals surface area (Å²) in [5.41, 5.74) is 2.26. The molecule has 36 heavy (non-hydrogen) atoms. The highest BCUT2D eigenvalue weighted by Crippen LogP contribution is 2.38. The number of hydrogen-bond acceptors (Lipinski definition) is 7. The average Bonchev–Trinajstić information content (AvgIpc) is 3.54. The van der Waals surface area contributed by atoms with E-state index in [1.807, 2.05) is 16.8 Å². The molecule has 2 unspecified atom stereocenters. The van der Waals surface area contributed by atoms with Crippen molar-refractivity contribution in [2.24, 2.45) is 5.92 Å². The number of benzene rings is 1. The number of rotatable bonds is 7. The Balaban J connectivity index is 1.24. The molecule has 2 atom stereocenters. The zero-order chi connectivity index (χ0) is 25.0. The van der Waals surface area contributed by atoms with Crippen molar-refractivity contribution in [3.63, 3.8) is 0 Å². The molecule has 0 N–H and O–H groups in total.